The van der Waals surface area contributed by atoms with Gasteiger partial charge >= 0.3 is 0 Å². The van der Waals surface area contributed by atoms with Crippen LogP contribution in [-0.2, 0) is 0 Å². The Morgan fingerprint density at radius 3 is 2.55 bits per heavy atom. The summed E-state index contributed by atoms with van der Waals surface area (Å²) in [6, 6.07) is 13.3. The molecule has 0 radical (unpaired) electrons. The molecule has 0 fully saturated rings. The van der Waals surface area contributed by atoms with E-state index >= 15 is 0 Å². The molecule has 2 aromatic carbocycles. The number of fused-ring (bicyclic) bond motifs is 1. The molecule has 4 nitrogen and oxygen atoms in total. The van der Waals surface area contributed by atoms with E-state index in [1.54, 1.807) is 42.5 Å². The van der Waals surface area contributed by atoms with Crippen molar-refractivity contribution < 1.29 is 4.79 Å². The number of nitrogens with one attached hydrogen (secondary N) is 2. The zero-order valence-corrected chi connectivity index (χ0v) is 12.6. The molecule has 0 aliphatic carbocycles. The highest BCUT2D eigenvalue weighted by Gasteiger charge is 2.07. The summed E-state index contributed by atoms with van der Waals surface area (Å²) >= 11 is 5.80. The normalized spacial score (nSPS) is 10.6. The Kier molecular flexibility index (Phi) is 3.69. The van der Waals surface area contributed by atoms with Gasteiger partial charge < -0.3 is 10.3 Å². The predicted octanol–water partition coefficient (Wildman–Crippen LogP) is 3.74. The van der Waals surface area contributed by atoms with Crippen molar-refractivity contribution in [1.82, 2.24) is 4.98 Å². The van der Waals surface area contributed by atoms with Crippen LogP contribution in [0.5, 0.6) is 0 Å². The molecule has 0 saturated carbocycles. The highest BCUT2D eigenvalue weighted by Crippen LogP contribution is 2.17. The molecule has 1 amide bonds. The summed E-state index contributed by atoms with van der Waals surface area (Å²) in [7, 11) is 0. The van der Waals surface area contributed by atoms with Crippen LogP contribution in [-0.4, -0.2) is 10.9 Å². The number of aromatic amines is 1. The highest BCUT2D eigenvalue weighted by molar-refractivity contribution is 6.30. The van der Waals surface area contributed by atoms with Crippen molar-refractivity contribution in [2.75, 3.05) is 5.32 Å². The molecule has 0 spiro atoms. The fourth-order valence-corrected chi connectivity index (χ4v) is 2.39. The lowest BCUT2D eigenvalue weighted by molar-refractivity contribution is 0.102. The van der Waals surface area contributed by atoms with Gasteiger partial charge in [0.25, 0.3) is 5.91 Å². The average molecular weight is 313 g/mol. The summed E-state index contributed by atoms with van der Waals surface area (Å²) in [5, 5.41) is 3.89. The first-order valence-electron chi connectivity index (χ1n) is 6.73. The molecular weight excluding hydrogens is 300 g/mol. The number of hydrogen-bond donors (Lipinski definition) is 2. The van der Waals surface area contributed by atoms with Crippen molar-refractivity contribution in [2.45, 2.75) is 6.92 Å². The lowest BCUT2D eigenvalue weighted by Gasteiger charge is -2.07. The monoisotopic (exact) mass is 312 g/mol. The Labute approximate surface area is 131 Å². The number of benzene rings is 2. The molecule has 5 heteroatoms. The number of H-pyrrole nitrogens is 1. The summed E-state index contributed by atoms with van der Waals surface area (Å²) in [6.45, 7) is 1.83. The van der Waals surface area contributed by atoms with Gasteiger partial charge in [0.1, 0.15) is 0 Å². The molecule has 0 unspecified atom stereocenters. The van der Waals surface area contributed by atoms with E-state index in [2.05, 4.69) is 10.3 Å². The third kappa shape index (κ3) is 2.87. The Morgan fingerprint density at radius 1 is 1.09 bits per heavy atom. The van der Waals surface area contributed by atoms with Crippen LogP contribution in [0.25, 0.3) is 10.9 Å². The number of amides is 1. The highest BCUT2D eigenvalue weighted by atomic mass is 35.5. The number of hydrogen-bond acceptors (Lipinski definition) is 2. The maximum Gasteiger partial charge on any atom is 0.255 e. The van der Waals surface area contributed by atoms with Gasteiger partial charge in [0, 0.05) is 38.9 Å². The molecule has 0 aliphatic rings. The second-order valence-electron chi connectivity index (χ2n) is 5.04. The smallest absolute Gasteiger partial charge is 0.255 e. The van der Waals surface area contributed by atoms with Gasteiger partial charge in [-0.15, -0.1) is 0 Å². The van der Waals surface area contributed by atoms with Gasteiger partial charge in [-0.05, 0) is 49.4 Å². The maximum atomic E-state index is 12.2. The molecule has 0 saturated heterocycles. The van der Waals surface area contributed by atoms with Gasteiger partial charge in [0.2, 0.25) is 0 Å². The number of anilines is 1. The van der Waals surface area contributed by atoms with Crippen molar-refractivity contribution in [1.29, 1.82) is 0 Å². The van der Waals surface area contributed by atoms with E-state index in [1.165, 1.54) is 6.07 Å². The van der Waals surface area contributed by atoms with Crippen molar-refractivity contribution in [2.24, 2.45) is 0 Å². The summed E-state index contributed by atoms with van der Waals surface area (Å²) < 4.78 is 0. The molecule has 22 heavy (non-hydrogen) atoms. The molecule has 3 rings (SSSR count). The summed E-state index contributed by atoms with van der Waals surface area (Å²) in [5.41, 5.74) is 2.54. The third-order valence-corrected chi connectivity index (χ3v) is 3.58. The first-order valence-corrected chi connectivity index (χ1v) is 7.11. The van der Waals surface area contributed by atoms with Crippen LogP contribution in [0.2, 0.25) is 5.02 Å². The maximum absolute atomic E-state index is 12.2. The molecular formula is C17H13ClN2O2. The van der Waals surface area contributed by atoms with E-state index in [9.17, 15) is 9.59 Å². The van der Waals surface area contributed by atoms with E-state index in [0.717, 1.165) is 11.2 Å². The minimum absolute atomic E-state index is 0.0751. The Morgan fingerprint density at radius 2 is 1.82 bits per heavy atom. The van der Waals surface area contributed by atoms with E-state index in [0.29, 0.717) is 21.7 Å². The minimum Gasteiger partial charge on any atom is -0.358 e. The van der Waals surface area contributed by atoms with E-state index in [4.69, 9.17) is 11.6 Å². The molecule has 1 aromatic heterocycles. The van der Waals surface area contributed by atoms with Crippen LogP contribution in [0.15, 0.2) is 53.3 Å². The number of halogens is 1. The van der Waals surface area contributed by atoms with Gasteiger partial charge in [0.05, 0.1) is 0 Å². The summed E-state index contributed by atoms with van der Waals surface area (Å²) in [4.78, 5) is 27.3. The Balaban J connectivity index is 1.92. The summed E-state index contributed by atoms with van der Waals surface area (Å²) in [6.07, 6.45) is 0. The topological polar surface area (TPSA) is 62.0 Å². The van der Waals surface area contributed by atoms with Gasteiger partial charge in [-0.25, -0.2) is 0 Å². The third-order valence-electron chi connectivity index (χ3n) is 3.33. The van der Waals surface area contributed by atoms with Crippen LogP contribution >= 0.6 is 11.6 Å². The van der Waals surface area contributed by atoms with Crippen molar-refractivity contribution in [3.05, 3.63) is 75.0 Å². The molecule has 0 bridgehead atoms. The summed E-state index contributed by atoms with van der Waals surface area (Å²) in [5.74, 6) is -0.250. The first-order chi connectivity index (χ1) is 10.5. The first kappa shape index (κ1) is 14.4. The van der Waals surface area contributed by atoms with Crippen LogP contribution < -0.4 is 10.7 Å². The van der Waals surface area contributed by atoms with Crippen molar-refractivity contribution in [3.63, 3.8) is 0 Å². The second kappa shape index (κ2) is 5.66. The Hall–Kier alpha value is -2.59. The SMILES string of the molecule is Cc1cc(=O)c2cc(NC(=O)c3ccc(Cl)cc3)ccc2[nH]1. The van der Waals surface area contributed by atoms with Crippen LogP contribution in [0.4, 0.5) is 5.69 Å². The lowest BCUT2D eigenvalue weighted by atomic mass is 10.1. The second-order valence-corrected chi connectivity index (χ2v) is 5.47. The van der Waals surface area contributed by atoms with Crippen LogP contribution in [0.3, 0.4) is 0 Å². The minimum atomic E-state index is -0.250. The molecule has 2 N–H and O–H groups in total. The zero-order chi connectivity index (χ0) is 15.7. The fourth-order valence-electron chi connectivity index (χ4n) is 2.26. The van der Waals surface area contributed by atoms with Gasteiger partial charge in [0.15, 0.2) is 5.43 Å². The number of aryl methyl sites for hydroxylation is 1. The number of carbonyl (C=O) groups excluding carboxylic acids is 1. The van der Waals surface area contributed by atoms with Crippen molar-refractivity contribution in [3.8, 4) is 0 Å². The van der Waals surface area contributed by atoms with Gasteiger partial charge in [-0.3, -0.25) is 9.59 Å². The van der Waals surface area contributed by atoms with E-state index in [1.807, 2.05) is 6.92 Å². The quantitative estimate of drug-likeness (QED) is 0.757. The molecule has 1 heterocycles. The van der Waals surface area contributed by atoms with E-state index < -0.39 is 0 Å². The Bertz CT molecular complexity index is 914. The molecule has 3 aromatic rings. The van der Waals surface area contributed by atoms with Gasteiger partial charge in [-0.1, -0.05) is 11.6 Å². The number of rotatable bonds is 2. The fraction of sp³-hybridized carbons (Fsp3) is 0.0588. The number of pyridine rings is 1. The number of aromatic nitrogens is 1. The lowest BCUT2D eigenvalue weighted by Crippen LogP contribution is -2.12. The number of carbonyl (C=O) groups is 1. The van der Waals surface area contributed by atoms with E-state index in [-0.39, 0.29) is 11.3 Å². The van der Waals surface area contributed by atoms with Crippen LogP contribution in [0, 0.1) is 6.92 Å². The predicted molar refractivity (Wildman–Crippen MR) is 88.7 cm³/mol. The largest absolute Gasteiger partial charge is 0.358 e. The van der Waals surface area contributed by atoms with Crippen LogP contribution in [0.1, 0.15) is 16.1 Å². The zero-order valence-electron chi connectivity index (χ0n) is 11.8. The van der Waals surface area contributed by atoms with Crippen molar-refractivity contribution >= 4 is 34.1 Å². The standard InChI is InChI=1S/C17H13ClN2O2/c1-10-8-16(21)14-9-13(6-7-15(14)19-10)20-17(22)11-2-4-12(18)5-3-11/h2-9H,1H3,(H,19,21)(H,20,22). The molecule has 110 valence electrons. The van der Waals surface area contributed by atoms with Gasteiger partial charge in [-0.2, -0.15) is 0 Å². The average Bonchev–Trinajstić information content (AvgIpc) is 2.48. The molecule has 0 atom stereocenters. The molecule has 0 aliphatic heterocycles.